The van der Waals surface area contributed by atoms with E-state index in [1.165, 1.54) is 76.3 Å². The number of phenols is 1. The minimum atomic E-state index is -0.317. The van der Waals surface area contributed by atoms with Crippen molar-refractivity contribution in [2.75, 3.05) is 44.2 Å². The van der Waals surface area contributed by atoms with E-state index in [1.54, 1.807) is 73.3 Å². The number of carbonyl (C=O) groups is 4. The Balaban J connectivity index is 0.000000138. The van der Waals surface area contributed by atoms with Gasteiger partial charge in [-0.05, 0) is 171 Å². The Hall–Kier alpha value is -12.3. The number of carbonyl (C=O) groups excluding carboxylic acids is 4. The SMILES string of the molecule is Nc1ccc(-c2cnc(NC(=O)Cc3ccc(Br)cc3)c(C3CCCCC3)n2)cc1.Nc1ccc(-c2cnc(NC(=O)Cc3ccc(Cl)cc3)c(C3CCCCC3)n2)cc1.Nc1ccc(-c2cnc(NC(=O)Cc3ccc(F)cc3)c(C3CCCCC3)n2)cc1.Nc1ccc(-c2cnc(NC(=O)Cc3ccc(O)cc3)c(C3CCCCC3)n2)cc1. The van der Waals surface area contributed by atoms with Gasteiger partial charge in [0.05, 0.1) is 96.0 Å². The van der Waals surface area contributed by atoms with E-state index in [4.69, 9.17) is 54.5 Å². The van der Waals surface area contributed by atoms with E-state index in [2.05, 4.69) is 57.1 Å². The van der Waals surface area contributed by atoms with Crippen LogP contribution in [-0.4, -0.2) is 68.6 Å². The standard InChI is InChI=1S/C24H25BrN4O.C24H25ClN4O.C24H25FN4O.C24H26N4O2/c3*25-19-10-6-16(7-11-19)14-22(30)29-24-23(18-4-2-1-3-5-18)28-21(15-27-24)17-8-12-20(26)13-9-17;25-19-10-8-17(9-11-19)21-15-26-24(23(27-21)18-4-2-1-3-5-18)28-22(30)14-16-6-12-20(29)13-7-16/h3*6-13,15,18H,1-5,14,26H2,(H,27,29,30);6-13,15,18,29H,1-5,14,25H2,(H,26,28,30). The molecule has 0 spiro atoms. The molecule has 0 atom stereocenters. The van der Waals surface area contributed by atoms with E-state index in [1.807, 2.05) is 133 Å². The Morgan fingerprint density at radius 1 is 0.333 bits per heavy atom. The number of aromatic hydroxyl groups is 1. The van der Waals surface area contributed by atoms with Crippen molar-refractivity contribution < 1.29 is 28.7 Å². The van der Waals surface area contributed by atoms with Crippen molar-refractivity contribution in [2.45, 2.75) is 178 Å². The van der Waals surface area contributed by atoms with Crippen LogP contribution in [0.25, 0.3) is 45.0 Å². The number of rotatable bonds is 20. The normalized spacial score (nSPS) is 14.4. The minimum absolute atomic E-state index is 0.0797. The lowest BCUT2D eigenvalue weighted by Gasteiger charge is -2.23. The zero-order chi connectivity index (χ0) is 83.7. The highest BCUT2D eigenvalue weighted by Gasteiger charge is 2.28. The molecule has 24 heteroatoms. The molecule has 4 heterocycles. The molecule has 0 bridgehead atoms. The van der Waals surface area contributed by atoms with Crippen LogP contribution in [0.15, 0.2) is 223 Å². The molecule has 0 saturated heterocycles. The highest BCUT2D eigenvalue weighted by atomic mass is 79.9. The van der Waals surface area contributed by atoms with Crippen LogP contribution in [0.5, 0.6) is 5.75 Å². The molecule has 4 aliphatic carbocycles. The molecule has 616 valence electrons. The molecule has 13 N–H and O–H groups in total. The van der Waals surface area contributed by atoms with Crippen LogP contribution in [0, 0.1) is 5.82 Å². The van der Waals surface area contributed by atoms with Gasteiger partial charge in [0.15, 0.2) is 23.3 Å². The summed E-state index contributed by atoms with van der Waals surface area (Å²) in [5, 5.41) is 22.0. The first-order valence-corrected chi connectivity index (χ1v) is 42.6. The average molecular weight is 1690 g/mol. The van der Waals surface area contributed by atoms with Crippen LogP contribution in [0.3, 0.4) is 0 Å². The molecule has 4 amide bonds. The molecule has 120 heavy (non-hydrogen) atoms. The molecule has 0 unspecified atom stereocenters. The number of anilines is 8. The van der Waals surface area contributed by atoms with Gasteiger partial charge in [0, 0.05) is 78.2 Å². The molecule has 16 rings (SSSR count). The first-order valence-electron chi connectivity index (χ1n) is 41.5. The topological polar surface area (TPSA) is 344 Å². The maximum absolute atomic E-state index is 13.1. The van der Waals surface area contributed by atoms with Crippen LogP contribution < -0.4 is 44.2 Å². The summed E-state index contributed by atoms with van der Waals surface area (Å²) >= 11 is 9.36. The summed E-state index contributed by atoms with van der Waals surface area (Å²) in [6.07, 6.45) is 30.6. The van der Waals surface area contributed by atoms with Crippen molar-refractivity contribution in [3.05, 3.63) is 279 Å². The minimum Gasteiger partial charge on any atom is -0.508 e. The van der Waals surface area contributed by atoms with Gasteiger partial charge in [-0.2, -0.15) is 0 Å². The number of halogens is 3. The van der Waals surface area contributed by atoms with Crippen molar-refractivity contribution in [1.29, 1.82) is 0 Å². The maximum atomic E-state index is 13.1. The van der Waals surface area contributed by atoms with Crippen molar-refractivity contribution in [3.63, 3.8) is 0 Å². The lowest BCUT2D eigenvalue weighted by atomic mass is 9.86. The molecular formula is C96H101BrClFN16O5. The van der Waals surface area contributed by atoms with Crippen LogP contribution in [0.2, 0.25) is 5.02 Å². The second kappa shape index (κ2) is 42.4. The summed E-state index contributed by atoms with van der Waals surface area (Å²) < 4.78 is 14.1. The summed E-state index contributed by atoms with van der Waals surface area (Å²) in [6.45, 7) is 0. The molecule has 4 aromatic heterocycles. The van der Waals surface area contributed by atoms with E-state index in [0.29, 0.717) is 69.5 Å². The number of nitrogens with two attached hydrogens (primary N) is 4. The fourth-order valence-electron chi connectivity index (χ4n) is 15.7. The Labute approximate surface area is 713 Å². The number of benzene rings is 8. The number of aromatic nitrogens is 8. The second-order valence-electron chi connectivity index (χ2n) is 31.2. The van der Waals surface area contributed by atoms with Crippen LogP contribution >= 0.6 is 27.5 Å². The van der Waals surface area contributed by atoms with Gasteiger partial charge >= 0.3 is 0 Å². The molecule has 0 radical (unpaired) electrons. The first kappa shape index (κ1) is 85.5. The molecule has 12 aromatic rings. The van der Waals surface area contributed by atoms with Gasteiger partial charge in [0.2, 0.25) is 23.6 Å². The summed E-state index contributed by atoms with van der Waals surface area (Å²) in [5.74, 6) is 2.78. The summed E-state index contributed by atoms with van der Waals surface area (Å²) in [4.78, 5) is 88.7. The zero-order valence-corrected chi connectivity index (χ0v) is 69.5. The molecule has 0 aliphatic heterocycles. The number of amides is 4. The second-order valence-corrected chi connectivity index (χ2v) is 32.6. The van der Waals surface area contributed by atoms with Gasteiger partial charge in [-0.15, -0.1) is 0 Å². The number of nitrogens with zero attached hydrogens (tertiary/aromatic N) is 8. The lowest BCUT2D eigenvalue weighted by Crippen LogP contribution is -2.19. The zero-order valence-electron chi connectivity index (χ0n) is 67.2. The Morgan fingerprint density at radius 3 is 0.808 bits per heavy atom. The highest BCUT2D eigenvalue weighted by molar-refractivity contribution is 9.10. The molecule has 4 fully saturated rings. The third-order valence-corrected chi connectivity index (χ3v) is 22.9. The molecule has 4 saturated carbocycles. The number of phenolic OH excluding ortho intramolecular Hbond substituents is 1. The van der Waals surface area contributed by atoms with Crippen LogP contribution in [-0.2, 0) is 44.9 Å². The van der Waals surface area contributed by atoms with Gasteiger partial charge in [-0.25, -0.2) is 44.3 Å². The van der Waals surface area contributed by atoms with E-state index < -0.39 is 0 Å². The largest absolute Gasteiger partial charge is 0.508 e. The Morgan fingerprint density at radius 2 is 0.558 bits per heavy atom. The summed E-state index contributed by atoms with van der Waals surface area (Å²) in [5.41, 5.74) is 40.0. The predicted octanol–water partition coefficient (Wildman–Crippen LogP) is 21.1. The van der Waals surface area contributed by atoms with Gasteiger partial charge in [0.1, 0.15) is 11.6 Å². The lowest BCUT2D eigenvalue weighted by molar-refractivity contribution is -0.116. The third-order valence-electron chi connectivity index (χ3n) is 22.2. The third kappa shape index (κ3) is 24.9. The fourth-order valence-corrected chi connectivity index (χ4v) is 16.1. The summed E-state index contributed by atoms with van der Waals surface area (Å²) in [6, 6.07) is 58.1. The van der Waals surface area contributed by atoms with Gasteiger partial charge in [-0.3, -0.25) is 19.2 Å². The van der Waals surface area contributed by atoms with Crippen molar-refractivity contribution in [1.82, 2.24) is 39.9 Å². The number of nitrogens with one attached hydrogen (secondary N) is 4. The molecular weight excluding hydrogens is 1590 g/mol. The molecule has 4 aliphatic rings. The van der Waals surface area contributed by atoms with Crippen molar-refractivity contribution in [2.24, 2.45) is 0 Å². The Bertz CT molecular complexity index is 4730. The van der Waals surface area contributed by atoms with Gasteiger partial charge < -0.3 is 49.3 Å². The summed E-state index contributed by atoms with van der Waals surface area (Å²) in [7, 11) is 0. The van der Waals surface area contributed by atoms with E-state index in [0.717, 1.165) is 164 Å². The molecule has 21 nitrogen and oxygen atoms in total. The van der Waals surface area contributed by atoms with E-state index in [-0.39, 0.29) is 60.4 Å². The first-order chi connectivity index (χ1) is 58.3. The van der Waals surface area contributed by atoms with E-state index >= 15 is 0 Å². The van der Waals surface area contributed by atoms with Gasteiger partial charge in [-0.1, -0.05) is 202 Å². The van der Waals surface area contributed by atoms with Crippen LogP contribution in [0.1, 0.15) is 197 Å². The highest BCUT2D eigenvalue weighted by Crippen LogP contribution is 2.41. The van der Waals surface area contributed by atoms with E-state index in [9.17, 15) is 28.7 Å². The Kier molecular flexibility index (Phi) is 30.2. The number of hydrogen-bond acceptors (Lipinski definition) is 17. The van der Waals surface area contributed by atoms with Crippen molar-refractivity contribution >= 4 is 97.2 Å². The number of nitrogen functional groups attached to an aromatic ring is 4. The smallest absolute Gasteiger partial charge is 0.229 e. The van der Waals surface area contributed by atoms with Crippen LogP contribution in [0.4, 0.5) is 50.4 Å². The maximum Gasteiger partial charge on any atom is 0.229 e. The molecule has 8 aromatic carbocycles. The van der Waals surface area contributed by atoms with Gasteiger partial charge in [0.25, 0.3) is 0 Å². The monoisotopic (exact) mass is 1690 g/mol. The fraction of sp³-hybridized carbons (Fsp3) is 0.292. The average Bonchev–Trinajstić information content (AvgIpc) is 0.820. The number of hydrogen-bond donors (Lipinski definition) is 9. The quantitative estimate of drug-likeness (QED) is 0.0320. The predicted molar refractivity (Wildman–Crippen MR) is 480 cm³/mol. The van der Waals surface area contributed by atoms with Crippen molar-refractivity contribution in [3.8, 4) is 50.8 Å².